The highest BCUT2D eigenvalue weighted by molar-refractivity contribution is 9.10. The lowest BCUT2D eigenvalue weighted by Crippen LogP contribution is -2.41. The second-order valence-corrected chi connectivity index (χ2v) is 6.24. The minimum Gasteiger partial charge on any atom is -0.489 e. The maximum Gasteiger partial charge on any atom is 0.329 e. The van der Waals surface area contributed by atoms with Gasteiger partial charge in [0.1, 0.15) is 12.4 Å². The molecule has 1 atom stereocenters. The van der Waals surface area contributed by atoms with Crippen molar-refractivity contribution in [3.05, 3.63) is 40.9 Å². The van der Waals surface area contributed by atoms with Crippen molar-refractivity contribution in [1.29, 1.82) is 0 Å². The van der Waals surface area contributed by atoms with Crippen LogP contribution >= 0.6 is 15.9 Å². The average Bonchev–Trinajstić information content (AvgIpc) is 3.12. The third-order valence-corrected chi connectivity index (χ3v) is 3.91. The van der Waals surface area contributed by atoms with E-state index in [1.165, 1.54) is 6.21 Å². The highest BCUT2D eigenvalue weighted by Crippen LogP contribution is 2.21. The molecule has 134 valence electrons. The molecule has 25 heavy (non-hydrogen) atoms. The number of hydrogen-bond donors (Lipinski definition) is 2. The number of halogens is 1. The smallest absolute Gasteiger partial charge is 0.329 e. The summed E-state index contributed by atoms with van der Waals surface area (Å²) in [6.07, 6.45) is 4.87. The molecule has 0 bridgehead atoms. The fourth-order valence-electron chi connectivity index (χ4n) is 2.20. The molecule has 0 radical (unpaired) electrons. The molecular weight excluding hydrogens is 390 g/mol. The molecule has 1 saturated heterocycles. The van der Waals surface area contributed by atoms with E-state index in [-0.39, 0.29) is 6.10 Å². The van der Waals surface area contributed by atoms with Crippen LogP contribution in [0.5, 0.6) is 5.75 Å². The molecule has 0 spiro atoms. The predicted octanol–water partition coefficient (Wildman–Crippen LogP) is 1.76. The van der Waals surface area contributed by atoms with Crippen LogP contribution in [0.4, 0.5) is 0 Å². The molecule has 1 aromatic carbocycles. The SMILES string of the molecule is C=CCOc1ccc(Br)cc1/C=N\NC(=O)C(=O)NC[C@H]1CCCO1. The first kappa shape index (κ1) is 19.1. The molecule has 0 saturated carbocycles. The topological polar surface area (TPSA) is 89.0 Å². The molecule has 1 aromatic rings. The van der Waals surface area contributed by atoms with Crippen molar-refractivity contribution in [3.8, 4) is 5.75 Å². The lowest BCUT2D eigenvalue weighted by molar-refractivity contribution is -0.139. The molecule has 1 fully saturated rings. The van der Waals surface area contributed by atoms with Crippen LogP contribution in [0.3, 0.4) is 0 Å². The Morgan fingerprint density at radius 1 is 1.44 bits per heavy atom. The lowest BCUT2D eigenvalue weighted by Gasteiger charge is -2.09. The Hall–Kier alpha value is -2.19. The summed E-state index contributed by atoms with van der Waals surface area (Å²) in [5.41, 5.74) is 2.85. The second-order valence-electron chi connectivity index (χ2n) is 5.33. The highest BCUT2D eigenvalue weighted by Gasteiger charge is 2.18. The van der Waals surface area contributed by atoms with Crippen LogP contribution in [0.1, 0.15) is 18.4 Å². The minimum absolute atomic E-state index is 0.0218. The molecule has 1 heterocycles. The number of nitrogens with zero attached hydrogens (tertiary/aromatic N) is 1. The number of amides is 2. The molecular formula is C17H20BrN3O4. The maximum absolute atomic E-state index is 11.7. The van der Waals surface area contributed by atoms with E-state index >= 15 is 0 Å². The van der Waals surface area contributed by atoms with E-state index in [0.29, 0.717) is 31.1 Å². The van der Waals surface area contributed by atoms with Crippen LogP contribution in [0.15, 0.2) is 40.4 Å². The average molecular weight is 410 g/mol. The number of carbonyl (C=O) groups is 2. The summed E-state index contributed by atoms with van der Waals surface area (Å²) in [7, 11) is 0. The Morgan fingerprint density at radius 2 is 2.28 bits per heavy atom. The van der Waals surface area contributed by atoms with Gasteiger partial charge in [-0.05, 0) is 31.0 Å². The third kappa shape index (κ3) is 6.32. The normalized spacial score (nSPS) is 16.6. The van der Waals surface area contributed by atoms with Gasteiger partial charge in [-0.2, -0.15) is 5.10 Å². The quantitative estimate of drug-likeness (QED) is 0.310. The zero-order chi connectivity index (χ0) is 18.1. The number of benzene rings is 1. The monoisotopic (exact) mass is 409 g/mol. The van der Waals surface area contributed by atoms with E-state index in [0.717, 1.165) is 17.3 Å². The molecule has 2 rings (SSSR count). The Morgan fingerprint density at radius 3 is 3.00 bits per heavy atom. The van der Waals surface area contributed by atoms with Crippen molar-refractivity contribution in [3.63, 3.8) is 0 Å². The molecule has 2 amide bonds. The van der Waals surface area contributed by atoms with Crippen molar-refractivity contribution < 1.29 is 19.1 Å². The first-order valence-electron chi connectivity index (χ1n) is 7.86. The van der Waals surface area contributed by atoms with Gasteiger partial charge in [-0.3, -0.25) is 9.59 Å². The number of nitrogens with one attached hydrogen (secondary N) is 2. The Labute approximate surface area is 154 Å². The summed E-state index contributed by atoms with van der Waals surface area (Å²) in [5, 5.41) is 6.34. The lowest BCUT2D eigenvalue weighted by atomic mass is 10.2. The molecule has 1 aliphatic heterocycles. The minimum atomic E-state index is -0.835. The molecule has 7 nitrogen and oxygen atoms in total. The van der Waals surface area contributed by atoms with E-state index in [1.54, 1.807) is 18.2 Å². The van der Waals surface area contributed by atoms with Crippen LogP contribution in [0, 0.1) is 0 Å². The molecule has 2 N–H and O–H groups in total. The summed E-state index contributed by atoms with van der Waals surface area (Å²) in [5.74, 6) is -0.994. The molecule has 0 unspecified atom stereocenters. The predicted molar refractivity (Wildman–Crippen MR) is 97.6 cm³/mol. The van der Waals surface area contributed by atoms with Gasteiger partial charge >= 0.3 is 11.8 Å². The number of rotatable bonds is 7. The van der Waals surface area contributed by atoms with Crippen LogP contribution in [0.2, 0.25) is 0 Å². The number of carbonyl (C=O) groups excluding carboxylic acids is 2. The van der Waals surface area contributed by atoms with E-state index < -0.39 is 11.8 Å². The Kier molecular flexibility index (Phi) is 7.62. The summed E-state index contributed by atoms with van der Waals surface area (Å²) >= 11 is 3.36. The summed E-state index contributed by atoms with van der Waals surface area (Å²) in [6.45, 7) is 4.96. The molecule has 0 aliphatic carbocycles. The number of hydrogen-bond acceptors (Lipinski definition) is 5. The summed E-state index contributed by atoms with van der Waals surface area (Å²) in [4.78, 5) is 23.4. The largest absolute Gasteiger partial charge is 0.489 e. The standard InChI is InChI=1S/C17H20BrN3O4/c1-2-7-25-15-6-5-13(18)9-12(15)10-20-21-17(23)16(22)19-11-14-4-3-8-24-14/h2,5-6,9-10,14H,1,3-4,7-8,11H2,(H,19,22)(H,21,23)/b20-10-/t14-/m1/s1. The highest BCUT2D eigenvalue weighted by atomic mass is 79.9. The summed E-state index contributed by atoms with van der Waals surface area (Å²) in [6, 6.07) is 5.38. The third-order valence-electron chi connectivity index (χ3n) is 3.42. The zero-order valence-corrected chi connectivity index (χ0v) is 15.3. The van der Waals surface area contributed by atoms with Crippen LogP contribution in [-0.2, 0) is 14.3 Å². The van der Waals surface area contributed by atoms with Crippen molar-refractivity contribution in [2.75, 3.05) is 19.8 Å². The van der Waals surface area contributed by atoms with Gasteiger partial charge in [0, 0.05) is 23.2 Å². The Bertz CT molecular complexity index is 657. The van der Waals surface area contributed by atoms with E-state index in [2.05, 4.69) is 38.4 Å². The van der Waals surface area contributed by atoms with Gasteiger partial charge in [-0.25, -0.2) is 5.43 Å². The van der Waals surface area contributed by atoms with Crippen LogP contribution < -0.4 is 15.5 Å². The van der Waals surface area contributed by atoms with Gasteiger partial charge in [0.15, 0.2) is 0 Å². The van der Waals surface area contributed by atoms with Crippen LogP contribution in [0.25, 0.3) is 0 Å². The fourth-order valence-corrected chi connectivity index (χ4v) is 2.58. The molecule has 1 aliphatic rings. The van der Waals surface area contributed by atoms with Gasteiger partial charge in [-0.1, -0.05) is 28.6 Å². The van der Waals surface area contributed by atoms with Gasteiger partial charge in [0.2, 0.25) is 0 Å². The first-order chi connectivity index (χ1) is 12.1. The van der Waals surface area contributed by atoms with Crippen LogP contribution in [-0.4, -0.2) is 43.9 Å². The molecule has 0 aromatic heterocycles. The van der Waals surface area contributed by atoms with E-state index in [9.17, 15) is 9.59 Å². The van der Waals surface area contributed by atoms with Crippen molar-refractivity contribution in [1.82, 2.24) is 10.7 Å². The van der Waals surface area contributed by atoms with Crippen molar-refractivity contribution in [2.24, 2.45) is 5.10 Å². The maximum atomic E-state index is 11.7. The molecule has 8 heteroatoms. The summed E-state index contributed by atoms with van der Waals surface area (Å²) < 4.78 is 11.7. The van der Waals surface area contributed by atoms with Gasteiger partial charge < -0.3 is 14.8 Å². The second kappa shape index (κ2) is 9.95. The van der Waals surface area contributed by atoms with E-state index in [4.69, 9.17) is 9.47 Å². The van der Waals surface area contributed by atoms with Gasteiger partial charge in [0.25, 0.3) is 0 Å². The fraction of sp³-hybridized carbons (Fsp3) is 0.353. The Balaban J connectivity index is 1.86. The van der Waals surface area contributed by atoms with Crippen molar-refractivity contribution >= 4 is 34.0 Å². The van der Waals surface area contributed by atoms with E-state index in [1.807, 2.05) is 6.07 Å². The number of hydrazone groups is 1. The van der Waals surface area contributed by atoms with Crippen molar-refractivity contribution in [2.45, 2.75) is 18.9 Å². The first-order valence-corrected chi connectivity index (χ1v) is 8.65. The van der Waals surface area contributed by atoms with Gasteiger partial charge in [-0.15, -0.1) is 0 Å². The van der Waals surface area contributed by atoms with Gasteiger partial charge in [0.05, 0.1) is 12.3 Å². The zero-order valence-electron chi connectivity index (χ0n) is 13.7. The number of ether oxygens (including phenoxy) is 2.